The van der Waals surface area contributed by atoms with Gasteiger partial charge in [-0.25, -0.2) is 4.79 Å². The van der Waals surface area contributed by atoms with Crippen molar-refractivity contribution in [3.8, 4) is 11.1 Å². The number of amides is 2. The predicted molar refractivity (Wildman–Crippen MR) is 117 cm³/mol. The Labute approximate surface area is 182 Å². The Morgan fingerprint density at radius 2 is 1.65 bits per heavy atom. The average molecular weight is 424 g/mol. The zero-order valence-electron chi connectivity index (χ0n) is 17.8. The summed E-state index contributed by atoms with van der Waals surface area (Å²) in [4.78, 5) is 37.1. The number of nitrogens with zero attached hydrogens (tertiary/aromatic N) is 1. The number of hydrogen-bond donors (Lipinski definition) is 2. The molecule has 0 fully saturated rings. The summed E-state index contributed by atoms with van der Waals surface area (Å²) in [5, 5.41) is 11.4. The molecule has 2 aromatic rings. The van der Waals surface area contributed by atoms with Crippen molar-refractivity contribution in [1.82, 2.24) is 10.2 Å². The molecule has 0 saturated heterocycles. The van der Waals surface area contributed by atoms with Gasteiger partial charge in [0.1, 0.15) is 12.6 Å². The van der Waals surface area contributed by atoms with Crippen LogP contribution in [0, 0.1) is 0 Å². The van der Waals surface area contributed by atoms with E-state index in [-0.39, 0.29) is 24.9 Å². The Kier molecular flexibility index (Phi) is 7.28. The maximum Gasteiger partial charge on any atom is 0.407 e. The number of carboxylic acids is 1. The van der Waals surface area contributed by atoms with Crippen molar-refractivity contribution < 1.29 is 24.2 Å². The van der Waals surface area contributed by atoms with E-state index in [4.69, 9.17) is 9.84 Å². The van der Waals surface area contributed by atoms with E-state index in [1.54, 1.807) is 14.0 Å². The number of hydrogen-bond acceptors (Lipinski definition) is 4. The van der Waals surface area contributed by atoms with Crippen LogP contribution in [0.15, 0.2) is 48.5 Å². The van der Waals surface area contributed by atoms with Crippen LogP contribution in [-0.2, 0) is 14.3 Å². The van der Waals surface area contributed by atoms with Crippen LogP contribution in [0.3, 0.4) is 0 Å². The minimum atomic E-state index is -0.898. The second kappa shape index (κ2) is 10.1. The smallest absolute Gasteiger partial charge is 0.407 e. The van der Waals surface area contributed by atoms with E-state index in [9.17, 15) is 14.4 Å². The maximum atomic E-state index is 12.6. The van der Waals surface area contributed by atoms with Gasteiger partial charge >= 0.3 is 12.1 Å². The van der Waals surface area contributed by atoms with Crippen molar-refractivity contribution in [3.05, 3.63) is 59.7 Å². The largest absolute Gasteiger partial charge is 0.481 e. The molecule has 1 atom stereocenters. The minimum Gasteiger partial charge on any atom is -0.481 e. The van der Waals surface area contributed by atoms with Crippen molar-refractivity contribution in [3.63, 3.8) is 0 Å². The molecule has 0 saturated carbocycles. The number of ether oxygens (including phenoxy) is 1. The van der Waals surface area contributed by atoms with Gasteiger partial charge in [0.25, 0.3) is 0 Å². The Morgan fingerprint density at radius 1 is 1.06 bits per heavy atom. The molecule has 7 nitrogen and oxygen atoms in total. The fraction of sp³-hybridized carbons (Fsp3) is 0.375. The van der Waals surface area contributed by atoms with Crippen molar-refractivity contribution in [2.24, 2.45) is 0 Å². The zero-order chi connectivity index (χ0) is 22.4. The number of rotatable bonds is 9. The first-order chi connectivity index (χ1) is 14.9. The van der Waals surface area contributed by atoms with E-state index in [1.807, 2.05) is 36.4 Å². The molecule has 3 rings (SSSR count). The molecule has 0 spiro atoms. The molecule has 31 heavy (non-hydrogen) atoms. The van der Waals surface area contributed by atoms with Crippen LogP contribution in [0.2, 0.25) is 0 Å². The number of carbonyl (C=O) groups excluding carboxylic acids is 2. The lowest BCUT2D eigenvalue weighted by Crippen LogP contribution is -2.47. The summed E-state index contributed by atoms with van der Waals surface area (Å²) in [5.74, 6) is -1.21. The second-order valence-electron chi connectivity index (χ2n) is 7.69. The summed E-state index contributed by atoms with van der Waals surface area (Å²) >= 11 is 0. The molecule has 1 unspecified atom stereocenters. The standard InChI is InChI=1S/C24H28N2O5/c1-3-21(23(29)26(2)14-8-13-22(27)28)25-24(30)31-15-20-18-11-6-4-9-16(18)17-10-5-7-12-19(17)20/h4-7,9-12,20-21H,3,8,13-15H2,1-2H3,(H,25,30)(H,27,28). The molecule has 0 radical (unpaired) electrons. The first-order valence-electron chi connectivity index (χ1n) is 10.5. The third kappa shape index (κ3) is 5.23. The van der Waals surface area contributed by atoms with E-state index in [0.29, 0.717) is 19.4 Å². The first kappa shape index (κ1) is 22.3. The van der Waals surface area contributed by atoms with Crippen LogP contribution in [-0.4, -0.2) is 54.2 Å². The third-order valence-electron chi connectivity index (χ3n) is 5.60. The molecule has 2 amide bonds. The normalized spacial score (nSPS) is 13.1. The number of aliphatic carboxylic acids is 1. The summed E-state index contributed by atoms with van der Waals surface area (Å²) in [7, 11) is 1.60. The molecule has 2 N–H and O–H groups in total. The monoisotopic (exact) mass is 424 g/mol. The third-order valence-corrected chi connectivity index (χ3v) is 5.60. The van der Waals surface area contributed by atoms with Gasteiger partial charge in [-0.1, -0.05) is 55.5 Å². The summed E-state index contributed by atoms with van der Waals surface area (Å²) in [6, 6.07) is 15.5. The van der Waals surface area contributed by atoms with Gasteiger partial charge in [-0.3, -0.25) is 9.59 Å². The van der Waals surface area contributed by atoms with E-state index >= 15 is 0 Å². The van der Waals surface area contributed by atoms with Gasteiger partial charge in [-0.05, 0) is 35.1 Å². The highest BCUT2D eigenvalue weighted by Gasteiger charge is 2.30. The lowest BCUT2D eigenvalue weighted by Gasteiger charge is -2.24. The maximum absolute atomic E-state index is 12.6. The van der Waals surface area contributed by atoms with Crippen LogP contribution in [0.4, 0.5) is 4.79 Å². The topological polar surface area (TPSA) is 95.9 Å². The van der Waals surface area contributed by atoms with Crippen LogP contribution < -0.4 is 5.32 Å². The number of likely N-dealkylation sites (N-methyl/N-ethyl adjacent to an activating group) is 1. The Morgan fingerprint density at radius 3 is 2.19 bits per heavy atom. The summed E-state index contributed by atoms with van der Waals surface area (Å²) in [6.07, 6.45) is 0.125. The number of nitrogens with one attached hydrogen (secondary N) is 1. The van der Waals surface area contributed by atoms with Gasteiger partial charge in [-0.2, -0.15) is 0 Å². The molecule has 2 aromatic carbocycles. The van der Waals surface area contributed by atoms with Gasteiger partial charge in [0.15, 0.2) is 0 Å². The SMILES string of the molecule is CCC(NC(=O)OCC1c2ccccc2-c2ccccc21)C(=O)N(C)CCCC(=O)O. The molecule has 0 heterocycles. The molecule has 7 heteroatoms. The lowest BCUT2D eigenvalue weighted by molar-refractivity contribution is -0.138. The minimum absolute atomic E-state index is 0.00574. The van der Waals surface area contributed by atoms with Gasteiger partial charge in [0.05, 0.1) is 0 Å². The van der Waals surface area contributed by atoms with Crippen molar-refractivity contribution in [2.45, 2.75) is 38.1 Å². The molecule has 0 aliphatic heterocycles. The first-order valence-corrected chi connectivity index (χ1v) is 10.5. The van der Waals surface area contributed by atoms with Crippen LogP contribution in [0.5, 0.6) is 0 Å². The average Bonchev–Trinajstić information content (AvgIpc) is 3.09. The van der Waals surface area contributed by atoms with E-state index in [1.165, 1.54) is 4.90 Å². The molecular weight excluding hydrogens is 396 g/mol. The number of carboxylic acid groups (broad SMARTS) is 1. The fourth-order valence-corrected chi connectivity index (χ4v) is 3.96. The van der Waals surface area contributed by atoms with Gasteiger partial charge in [0.2, 0.25) is 5.91 Å². The van der Waals surface area contributed by atoms with Crippen LogP contribution in [0.1, 0.15) is 43.2 Å². The van der Waals surface area contributed by atoms with Crippen molar-refractivity contribution in [2.75, 3.05) is 20.2 Å². The molecule has 0 bridgehead atoms. The molecule has 0 aromatic heterocycles. The summed E-state index contributed by atoms with van der Waals surface area (Å²) in [5.41, 5.74) is 4.55. The molecule has 1 aliphatic rings. The van der Waals surface area contributed by atoms with E-state index in [2.05, 4.69) is 17.4 Å². The molecular formula is C24H28N2O5. The highest BCUT2D eigenvalue weighted by atomic mass is 16.5. The molecule has 1 aliphatic carbocycles. The second-order valence-corrected chi connectivity index (χ2v) is 7.69. The van der Waals surface area contributed by atoms with E-state index < -0.39 is 18.1 Å². The van der Waals surface area contributed by atoms with Gasteiger partial charge < -0.3 is 20.1 Å². The Hall–Kier alpha value is -3.35. The lowest BCUT2D eigenvalue weighted by atomic mass is 9.98. The number of alkyl carbamates (subject to hydrolysis) is 1. The van der Waals surface area contributed by atoms with Crippen molar-refractivity contribution >= 4 is 18.0 Å². The Bertz CT molecular complexity index is 913. The van der Waals surface area contributed by atoms with Gasteiger partial charge in [-0.15, -0.1) is 0 Å². The Balaban J connectivity index is 1.58. The van der Waals surface area contributed by atoms with Crippen molar-refractivity contribution in [1.29, 1.82) is 0 Å². The number of carbonyl (C=O) groups is 3. The van der Waals surface area contributed by atoms with Gasteiger partial charge in [0, 0.05) is 25.9 Å². The number of benzene rings is 2. The highest BCUT2D eigenvalue weighted by Crippen LogP contribution is 2.44. The summed E-state index contributed by atoms with van der Waals surface area (Å²) < 4.78 is 5.52. The zero-order valence-corrected chi connectivity index (χ0v) is 17.8. The van der Waals surface area contributed by atoms with Crippen LogP contribution >= 0.6 is 0 Å². The predicted octanol–water partition coefficient (Wildman–Crippen LogP) is 3.63. The molecule has 164 valence electrons. The van der Waals surface area contributed by atoms with E-state index in [0.717, 1.165) is 22.3 Å². The van der Waals surface area contributed by atoms with Crippen LogP contribution in [0.25, 0.3) is 11.1 Å². The summed E-state index contributed by atoms with van der Waals surface area (Å²) in [6.45, 7) is 2.30. The quantitative estimate of drug-likeness (QED) is 0.641. The fourth-order valence-electron chi connectivity index (χ4n) is 3.96. The highest BCUT2D eigenvalue weighted by molar-refractivity contribution is 5.85. The number of fused-ring (bicyclic) bond motifs is 3.